The molecule has 4 nitrogen and oxygen atoms in total. The molecule has 1 amide bonds. The molecule has 1 N–H and O–H groups in total. The minimum atomic E-state index is -0.850. The molecule has 1 aromatic heterocycles. The van der Waals surface area contributed by atoms with Crippen molar-refractivity contribution in [2.45, 2.75) is 38.8 Å². The number of carbonyl (C=O) groups is 2. The van der Waals surface area contributed by atoms with Crippen LogP contribution in [-0.2, 0) is 28.9 Å². The van der Waals surface area contributed by atoms with E-state index >= 15 is 0 Å². The molecule has 1 aromatic carbocycles. The van der Waals surface area contributed by atoms with Crippen molar-refractivity contribution in [2.24, 2.45) is 0 Å². The second-order valence-corrected chi connectivity index (χ2v) is 7.31. The molecule has 0 unspecified atom stereocenters. The highest BCUT2D eigenvalue weighted by Crippen LogP contribution is 2.31. The van der Waals surface area contributed by atoms with Crippen LogP contribution in [0.15, 0.2) is 30.3 Å². The second kappa shape index (κ2) is 7.36. The quantitative estimate of drug-likeness (QED) is 0.823. The van der Waals surface area contributed by atoms with Crippen molar-refractivity contribution in [3.63, 3.8) is 0 Å². The Morgan fingerprint density at radius 1 is 1.33 bits per heavy atom. The van der Waals surface area contributed by atoms with Gasteiger partial charge in [0, 0.05) is 16.4 Å². The summed E-state index contributed by atoms with van der Waals surface area (Å²) in [6.45, 7) is 1.87. The van der Waals surface area contributed by atoms with Gasteiger partial charge in [-0.15, -0.1) is 11.3 Å². The van der Waals surface area contributed by atoms with Crippen LogP contribution >= 0.6 is 22.9 Å². The number of aryl methyl sites for hydroxylation is 2. The SMILES string of the molecule is C[C@@H](OC(=O)c1cc2c(s1)CCC2)C(=O)NCc1ccccc1Cl. The third-order valence-corrected chi connectivity index (χ3v) is 5.60. The fraction of sp³-hybridized carbons (Fsp3) is 0.333. The lowest BCUT2D eigenvalue weighted by atomic mass is 10.2. The summed E-state index contributed by atoms with van der Waals surface area (Å²) in [7, 11) is 0. The van der Waals surface area contributed by atoms with E-state index in [1.165, 1.54) is 21.8 Å². The van der Waals surface area contributed by atoms with E-state index in [0.29, 0.717) is 16.4 Å². The van der Waals surface area contributed by atoms with Gasteiger partial charge in [0.1, 0.15) is 4.88 Å². The van der Waals surface area contributed by atoms with E-state index in [9.17, 15) is 9.59 Å². The summed E-state index contributed by atoms with van der Waals surface area (Å²) in [5.74, 6) is -0.776. The lowest BCUT2D eigenvalue weighted by Gasteiger charge is -2.13. The number of hydrogen-bond donors (Lipinski definition) is 1. The van der Waals surface area contributed by atoms with Crippen LogP contribution in [0.25, 0.3) is 0 Å². The first-order valence-corrected chi connectivity index (χ1v) is 9.07. The lowest BCUT2D eigenvalue weighted by molar-refractivity contribution is -0.129. The Kier molecular flexibility index (Phi) is 5.21. The normalized spacial score (nSPS) is 14.1. The third-order valence-electron chi connectivity index (χ3n) is 4.01. The molecule has 0 aliphatic heterocycles. The molecule has 24 heavy (non-hydrogen) atoms. The van der Waals surface area contributed by atoms with Crippen molar-refractivity contribution in [1.29, 1.82) is 0 Å². The van der Waals surface area contributed by atoms with Crippen LogP contribution < -0.4 is 5.32 Å². The highest BCUT2D eigenvalue weighted by atomic mass is 35.5. The second-order valence-electron chi connectivity index (χ2n) is 5.77. The topological polar surface area (TPSA) is 55.4 Å². The summed E-state index contributed by atoms with van der Waals surface area (Å²) >= 11 is 7.53. The van der Waals surface area contributed by atoms with Crippen molar-refractivity contribution in [1.82, 2.24) is 5.32 Å². The minimum Gasteiger partial charge on any atom is -0.448 e. The molecule has 126 valence electrons. The van der Waals surface area contributed by atoms with Crippen LogP contribution in [0.2, 0.25) is 5.02 Å². The number of halogens is 1. The highest BCUT2D eigenvalue weighted by Gasteiger charge is 2.23. The number of carbonyl (C=O) groups excluding carboxylic acids is 2. The first kappa shape index (κ1) is 17.0. The molecular formula is C18H18ClNO3S. The lowest BCUT2D eigenvalue weighted by Crippen LogP contribution is -2.35. The fourth-order valence-corrected chi connectivity index (χ4v) is 4.01. The van der Waals surface area contributed by atoms with Crippen molar-refractivity contribution in [2.75, 3.05) is 0 Å². The predicted molar refractivity (Wildman–Crippen MR) is 94.5 cm³/mol. The summed E-state index contributed by atoms with van der Waals surface area (Å²) in [5.41, 5.74) is 2.06. The number of amides is 1. The average molecular weight is 364 g/mol. The van der Waals surface area contributed by atoms with Crippen LogP contribution in [0.4, 0.5) is 0 Å². The van der Waals surface area contributed by atoms with E-state index in [4.69, 9.17) is 16.3 Å². The van der Waals surface area contributed by atoms with Crippen molar-refractivity contribution in [3.8, 4) is 0 Å². The summed E-state index contributed by atoms with van der Waals surface area (Å²) < 4.78 is 5.28. The number of thiophene rings is 1. The number of nitrogens with one attached hydrogen (secondary N) is 1. The zero-order valence-corrected chi connectivity index (χ0v) is 14.9. The minimum absolute atomic E-state index is 0.299. The summed E-state index contributed by atoms with van der Waals surface area (Å²) in [5, 5.41) is 3.33. The number of benzene rings is 1. The molecule has 0 bridgehead atoms. The third kappa shape index (κ3) is 3.79. The molecular weight excluding hydrogens is 346 g/mol. The van der Waals surface area contributed by atoms with E-state index in [-0.39, 0.29) is 5.91 Å². The first-order chi connectivity index (χ1) is 11.5. The Morgan fingerprint density at radius 2 is 2.12 bits per heavy atom. The Labute approximate surface area is 149 Å². The van der Waals surface area contributed by atoms with E-state index < -0.39 is 12.1 Å². The van der Waals surface area contributed by atoms with Gasteiger partial charge in [0.2, 0.25) is 0 Å². The fourth-order valence-electron chi connectivity index (χ4n) is 2.67. The maximum absolute atomic E-state index is 12.2. The van der Waals surface area contributed by atoms with Gasteiger partial charge in [0.25, 0.3) is 5.91 Å². The monoisotopic (exact) mass is 363 g/mol. The number of esters is 1. The van der Waals surface area contributed by atoms with Gasteiger partial charge in [0.05, 0.1) is 0 Å². The van der Waals surface area contributed by atoms with Gasteiger partial charge in [-0.25, -0.2) is 4.79 Å². The summed E-state index contributed by atoms with van der Waals surface area (Å²) in [6, 6.07) is 9.18. The van der Waals surface area contributed by atoms with Crippen LogP contribution in [0, 0.1) is 0 Å². The van der Waals surface area contributed by atoms with Gasteiger partial charge in [-0.2, -0.15) is 0 Å². The molecule has 2 aromatic rings. The molecule has 3 rings (SSSR count). The zero-order chi connectivity index (χ0) is 17.1. The Bertz CT molecular complexity index is 750. The van der Waals surface area contributed by atoms with Crippen molar-refractivity contribution < 1.29 is 14.3 Å². The van der Waals surface area contributed by atoms with Crippen LogP contribution in [0.1, 0.15) is 39.0 Å². The molecule has 1 heterocycles. The van der Waals surface area contributed by atoms with Crippen LogP contribution in [-0.4, -0.2) is 18.0 Å². The Hall–Kier alpha value is -1.85. The smallest absolute Gasteiger partial charge is 0.349 e. The van der Waals surface area contributed by atoms with E-state index in [1.807, 2.05) is 24.3 Å². The maximum atomic E-state index is 12.2. The first-order valence-electron chi connectivity index (χ1n) is 7.88. The average Bonchev–Trinajstić information content (AvgIpc) is 3.15. The molecule has 1 atom stereocenters. The number of hydrogen-bond acceptors (Lipinski definition) is 4. The van der Waals surface area contributed by atoms with E-state index in [2.05, 4.69) is 5.32 Å². The van der Waals surface area contributed by atoms with Crippen molar-refractivity contribution in [3.05, 3.63) is 56.2 Å². The molecule has 6 heteroatoms. The maximum Gasteiger partial charge on any atom is 0.349 e. The Balaban J connectivity index is 1.53. The molecule has 1 aliphatic carbocycles. The number of fused-ring (bicyclic) bond motifs is 1. The summed E-state index contributed by atoms with van der Waals surface area (Å²) in [6.07, 6.45) is 2.35. The highest BCUT2D eigenvalue weighted by molar-refractivity contribution is 7.14. The summed E-state index contributed by atoms with van der Waals surface area (Å²) in [4.78, 5) is 26.1. The largest absolute Gasteiger partial charge is 0.448 e. The van der Waals surface area contributed by atoms with E-state index in [1.54, 1.807) is 13.0 Å². The molecule has 0 radical (unpaired) electrons. The van der Waals surface area contributed by atoms with Gasteiger partial charge in [-0.05, 0) is 49.4 Å². The molecule has 0 spiro atoms. The molecule has 0 fully saturated rings. The predicted octanol–water partition coefficient (Wildman–Crippen LogP) is 3.75. The molecule has 1 aliphatic rings. The zero-order valence-electron chi connectivity index (χ0n) is 13.3. The van der Waals surface area contributed by atoms with Gasteiger partial charge in [-0.3, -0.25) is 4.79 Å². The standard InChI is InChI=1S/C18H18ClNO3S/c1-11(17(21)20-10-13-5-2-3-7-14(13)19)23-18(22)16-9-12-6-4-8-15(12)24-16/h2-3,5,7,9,11H,4,6,8,10H2,1H3,(H,20,21)/t11-/m1/s1. The van der Waals surface area contributed by atoms with Crippen molar-refractivity contribution >= 4 is 34.8 Å². The molecule has 0 saturated heterocycles. The van der Waals surface area contributed by atoms with Gasteiger partial charge in [-0.1, -0.05) is 29.8 Å². The number of rotatable bonds is 5. The number of ether oxygens (including phenoxy) is 1. The van der Waals surface area contributed by atoms with Gasteiger partial charge in [0.15, 0.2) is 6.10 Å². The van der Waals surface area contributed by atoms with Gasteiger partial charge < -0.3 is 10.1 Å². The van der Waals surface area contributed by atoms with Crippen LogP contribution in [0.3, 0.4) is 0 Å². The Morgan fingerprint density at radius 3 is 2.88 bits per heavy atom. The molecule has 0 saturated carbocycles. The van der Waals surface area contributed by atoms with Gasteiger partial charge >= 0.3 is 5.97 Å². The van der Waals surface area contributed by atoms with Crippen LogP contribution in [0.5, 0.6) is 0 Å². The van der Waals surface area contributed by atoms with E-state index in [0.717, 1.165) is 24.8 Å².